The molecule has 148 valence electrons. The van der Waals surface area contributed by atoms with Gasteiger partial charge in [-0.15, -0.1) is 0 Å². The van der Waals surface area contributed by atoms with E-state index >= 15 is 0 Å². The van der Waals surface area contributed by atoms with Crippen LogP contribution in [0.1, 0.15) is 64.7 Å². The van der Waals surface area contributed by atoms with Gasteiger partial charge in [-0.3, -0.25) is 9.36 Å². The molecule has 3 N–H and O–H groups in total. The number of hydrogen-bond donors (Lipinski definition) is 3. The lowest BCUT2D eigenvalue weighted by Crippen LogP contribution is -2.19. The van der Waals surface area contributed by atoms with Gasteiger partial charge in [0.2, 0.25) is 0 Å². The van der Waals surface area contributed by atoms with Crippen molar-refractivity contribution < 1.29 is 24.3 Å². The Bertz CT molecular complexity index is 528. The van der Waals surface area contributed by atoms with Crippen molar-refractivity contribution in [2.75, 3.05) is 0 Å². The normalized spacial score (nSPS) is 14.3. The Labute approximate surface area is 157 Å². The van der Waals surface area contributed by atoms with Crippen LogP contribution in [0.15, 0.2) is 48.6 Å². The highest BCUT2D eigenvalue weighted by molar-refractivity contribution is 7.53. The van der Waals surface area contributed by atoms with E-state index in [9.17, 15) is 9.36 Å². The van der Waals surface area contributed by atoms with Crippen LogP contribution in [0.4, 0.5) is 0 Å². The second-order valence-corrected chi connectivity index (χ2v) is 7.91. The third-order valence-corrected chi connectivity index (χ3v) is 5.05. The summed E-state index contributed by atoms with van der Waals surface area (Å²) in [5.41, 5.74) is -1.62. The number of carbonyl (C=O) groups is 1. The SMILES string of the molecule is CCCCC/C=C\C/C=C\C/C=C\C/C=C\CCC(C(=O)O)P(=O)(O)O. The molecule has 0 aliphatic carbocycles. The average Bonchev–Trinajstić information content (AvgIpc) is 2.56. The van der Waals surface area contributed by atoms with E-state index in [1.165, 1.54) is 19.3 Å². The summed E-state index contributed by atoms with van der Waals surface area (Å²) in [7, 11) is -4.58. The highest BCUT2D eigenvalue weighted by Crippen LogP contribution is 2.43. The molecule has 0 fully saturated rings. The highest BCUT2D eigenvalue weighted by Gasteiger charge is 2.34. The van der Waals surface area contributed by atoms with Crippen molar-refractivity contribution in [1.82, 2.24) is 0 Å². The Morgan fingerprint density at radius 1 is 0.846 bits per heavy atom. The molecule has 26 heavy (non-hydrogen) atoms. The first-order chi connectivity index (χ1) is 12.4. The molecule has 0 aliphatic rings. The van der Waals surface area contributed by atoms with Crippen LogP contribution < -0.4 is 0 Å². The number of allylic oxidation sites excluding steroid dienone is 8. The zero-order valence-corrected chi connectivity index (χ0v) is 16.6. The molecule has 0 amide bonds. The van der Waals surface area contributed by atoms with E-state index in [-0.39, 0.29) is 6.42 Å². The van der Waals surface area contributed by atoms with Gasteiger partial charge in [0.1, 0.15) is 0 Å². The minimum Gasteiger partial charge on any atom is -0.481 e. The molecular formula is C20H33O5P. The highest BCUT2D eigenvalue weighted by atomic mass is 31.2. The van der Waals surface area contributed by atoms with Gasteiger partial charge < -0.3 is 14.9 Å². The van der Waals surface area contributed by atoms with Gasteiger partial charge in [-0.25, -0.2) is 0 Å². The van der Waals surface area contributed by atoms with Crippen molar-refractivity contribution in [3.05, 3.63) is 48.6 Å². The van der Waals surface area contributed by atoms with Gasteiger partial charge in [0.05, 0.1) is 0 Å². The lowest BCUT2D eigenvalue weighted by atomic mass is 10.2. The van der Waals surface area contributed by atoms with E-state index in [1.807, 2.05) is 12.2 Å². The third-order valence-electron chi connectivity index (χ3n) is 3.76. The Balaban J connectivity index is 3.77. The molecule has 1 unspecified atom stereocenters. The Kier molecular flexibility index (Phi) is 14.9. The summed E-state index contributed by atoms with van der Waals surface area (Å²) in [4.78, 5) is 28.7. The van der Waals surface area contributed by atoms with E-state index < -0.39 is 19.2 Å². The van der Waals surface area contributed by atoms with Gasteiger partial charge in [-0.05, 0) is 44.9 Å². The number of hydrogen-bond acceptors (Lipinski definition) is 2. The van der Waals surface area contributed by atoms with Gasteiger partial charge in [-0.2, -0.15) is 0 Å². The number of unbranched alkanes of at least 4 members (excludes halogenated alkanes) is 3. The maximum Gasteiger partial charge on any atom is 0.339 e. The molecule has 6 heteroatoms. The molecule has 5 nitrogen and oxygen atoms in total. The minimum absolute atomic E-state index is 0.0610. The molecule has 0 saturated carbocycles. The molecular weight excluding hydrogens is 351 g/mol. The summed E-state index contributed by atoms with van der Waals surface area (Å²) in [6, 6.07) is 0. The van der Waals surface area contributed by atoms with E-state index in [4.69, 9.17) is 14.9 Å². The van der Waals surface area contributed by atoms with Crippen molar-refractivity contribution >= 4 is 13.6 Å². The topological polar surface area (TPSA) is 94.8 Å². The third kappa shape index (κ3) is 14.9. The fraction of sp³-hybridized carbons (Fsp3) is 0.550. The molecule has 1 atom stereocenters. The van der Waals surface area contributed by atoms with Crippen LogP contribution in [0.25, 0.3) is 0 Å². The summed E-state index contributed by atoms with van der Waals surface area (Å²) in [5, 5.41) is 8.80. The monoisotopic (exact) mass is 384 g/mol. The summed E-state index contributed by atoms with van der Waals surface area (Å²) in [6.45, 7) is 2.21. The minimum atomic E-state index is -4.58. The number of aliphatic carboxylic acids is 1. The summed E-state index contributed by atoms with van der Waals surface area (Å²) < 4.78 is 11.0. The lowest BCUT2D eigenvalue weighted by molar-refractivity contribution is -0.137. The quantitative estimate of drug-likeness (QED) is 0.200. The first kappa shape index (κ1) is 24.6. The molecule has 0 aromatic rings. The Hall–Kier alpha value is -1.42. The fourth-order valence-corrected chi connectivity index (χ4v) is 3.02. The van der Waals surface area contributed by atoms with Crippen molar-refractivity contribution in [3.63, 3.8) is 0 Å². The number of carboxylic acid groups (broad SMARTS) is 1. The van der Waals surface area contributed by atoms with Gasteiger partial charge in [0.15, 0.2) is 5.66 Å². The maximum atomic E-state index is 11.0. The average molecular weight is 384 g/mol. The largest absolute Gasteiger partial charge is 0.481 e. The first-order valence-electron chi connectivity index (χ1n) is 9.27. The van der Waals surface area contributed by atoms with Crippen molar-refractivity contribution in [3.8, 4) is 0 Å². The second-order valence-electron chi connectivity index (χ2n) is 6.11. The lowest BCUT2D eigenvalue weighted by Gasteiger charge is -2.12. The number of rotatable bonds is 15. The number of carboxylic acids is 1. The molecule has 0 radical (unpaired) electrons. The van der Waals surface area contributed by atoms with E-state index in [1.54, 1.807) is 6.08 Å². The smallest absolute Gasteiger partial charge is 0.339 e. The summed E-state index contributed by atoms with van der Waals surface area (Å²) in [6.07, 6.45) is 24.2. The molecule has 0 spiro atoms. The van der Waals surface area contributed by atoms with Gasteiger partial charge in [0.25, 0.3) is 0 Å². The van der Waals surface area contributed by atoms with Crippen LogP contribution >= 0.6 is 7.60 Å². The zero-order chi connectivity index (χ0) is 19.7. The van der Waals surface area contributed by atoms with Crippen LogP contribution in [0.3, 0.4) is 0 Å². The van der Waals surface area contributed by atoms with Crippen molar-refractivity contribution in [2.24, 2.45) is 0 Å². The van der Waals surface area contributed by atoms with E-state index in [0.29, 0.717) is 6.42 Å². The van der Waals surface area contributed by atoms with Crippen LogP contribution in [0, 0.1) is 0 Å². The summed E-state index contributed by atoms with van der Waals surface area (Å²) >= 11 is 0. The molecule has 0 bridgehead atoms. The molecule has 0 aromatic heterocycles. The van der Waals surface area contributed by atoms with E-state index in [2.05, 4.69) is 37.3 Å². The Morgan fingerprint density at radius 2 is 1.31 bits per heavy atom. The summed E-state index contributed by atoms with van der Waals surface area (Å²) in [5.74, 6) is -1.45. The van der Waals surface area contributed by atoms with Gasteiger partial charge >= 0.3 is 13.6 Å². The van der Waals surface area contributed by atoms with Crippen LogP contribution in [-0.4, -0.2) is 26.5 Å². The zero-order valence-electron chi connectivity index (χ0n) is 15.7. The van der Waals surface area contributed by atoms with Gasteiger partial charge in [-0.1, -0.05) is 68.4 Å². The maximum absolute atomic E-state index is 11.0. The predicted molar refractivity (Wildman–Crippen MR) is 107 cm³/mol. The second kappa shape index (κ2) is 15.8. The van der Waals surface area contributed by atoms with Crippen LogP contribution in [0.2, 0.25) is 0 Å². The predicted octanol–water partition coefficient (Wildman–Crippen LogP) is 5.37. The molecule has 0 aliphatic heterocycles. The van der Waals surface area contributed by atoms with Crippen LogP contribution in [-0.2, 0) is 9.36 Å². The van der Waals surface area contributed by atoms with Crippen molar-refractivity contribution in [2.45, 2.75) is 70.4 Å². The molecule has 0 heterocycles. The van der Waals surface area contributed by atoms with Crippen LogP contribution in [0.5, 0.6) is 0 Å². The first-order valence-corrected chi connectivity index (χ1v) is 11.0. The molecule has 0 rings (SSSR count). The van der Waals surface area contributed by atoms with Gasteiger partial charge in [0, 0.05) is 0 Å². The standard InChI is InChI=1S/C20H33O5P/c1-2-3-4-5-6-7-8-9-10-11-12-13-14-15-16-17-18-19(20(21)22)26(23,24)25/h6-7,9-10,12-13,15-16,19H,2-5,8,11,14,17-18H2,1H3,(H,21,22)(H2,23,24,25)/b7-6-,10-9-,13-12-,16-15-. The Morgan fingerprint density at radius 3 is 1.73 bits per heavy atom. The molecule has 0 saturated heterocycles. The molecule has 0 aromatic carbocycles. The van der Waals surface area contributed by atoms with E-state index in [0.717, 1.165) is 25.7 Å². The fourth-order valence-electron chi connectivity index (χ4n) is 2.25. The van der Waals surface area contributed by atoms with Crippen molar-refractivity contribution in [1.29, 1.82) is 0 Å².